The number of hydrogen-bond acceptors (Lipinski definition) is 6. The molecule has 0 N–H and O–H groups in total. The van der Waals surface area contributed by atoms with Crippen LogP contribution in [0, 0.1) is 0 Å². The number of aromatic nitrogens is 8. The Morgan fingerprint density at radius 1 is 1.24 bits per heavy atom. The molecule has 0 fully saturated rings. The summed E-state index contributed by atoms with van der Waals surface area (Å²) in [6.45, 7) is 3.63. The van der Waals surface area contributed by atoms with E-state index in [-0.39, 0.29) is 0 Å². The molecule has 9 heteroatoms. The van der Waals surface area contributed by atoms with Gasteiger partial charge in [0.25, 0.3) is 0 Å². The minimum atomic E-state index is 0.774. The Labute approximate surface area is 126 Å². The van der Waals surface area contributed by atoms with Crippen LogP contribution in [0.2, 0.25) is 0 Å². The van der Waals surface area contributed by atoms with Crippen molar-refractivity contribution >= 4 is 11.8 Å². The van der Waals surface area contributed by atoms with Gasteiger partial charge in [0.15, 0.2) is 16.8 Å². The Kier molecular flexibility index (Phi) is 4.00. The van der Waals surface area contributed by atoms with Crippen molar-refractivity contribution in [3.05, 3.63) is 25.0 Å². The van der Waals surface area contributed by atoms with Crippen molar-refractivity contribution in [3.63, 3.8) is 0 Å². The summed E-state index contributed by atoms with van der Waals surface area (Å²) in [5.41, 5.74) is 0. The third-order valence-electron chi connectivity index (χ3n) is 3.06. The molecule has 0 aromatic carbocycles. The second-order valence-electron chi connectivity index (χ2n) is 4.42. The van der Waals surface area contributed by atoms with Crippen molar-refractivity contribution in [2.24, 2.45) is 7.05 Å². The Morgan fingerprint density at radius 2 is 2.14 bits per heavy atom. The number of rotatable bonds is 6. The fourth-order valence-electron chi connectivity index (χ4n) is 2.00. The van der Waals surface area contributed by atoms with Gasteiger partial charge in [0.2, 0.25) is 0 Å². The molecule has 3 rings (SSSR count). The maximum atomic E-state index is 4.40. The van der Waals surface area contributed by atoms with E-state index >= 15 is 0 Å². The lowest BCUT2D eigenvalue weighted by atomic mass is 10.5. The molecule has 0 saturated heterocycles. The van der Waals surface area contributed by atoms with Crippen LogP contribution in [0.25, 0.3) is 11.6 Å². The van der Waals surface area contributed by atoms with Crippen LogP contribution in [-0.4, -0.2) is 44.8 Å². The number of aryl methyl sites for hydroxylation is 3. The maximum Gasteiger partial charge on any atom is 0.194 e. The molecule has 0 aliphatic carbocycles. The van der Waals surface area contributed by atoms with Crippen molar-refractivity contribution in [1.82, 2.24) is 39.1 Å². The highest BCUT2D eigenvalue weighted by molar-refractivity contribution is 7.99. The number of imidazole rings is 1. The first-order chi connectivity index (χ1) is 10.3. The van der Waals surface area contributed by atoms with Gasteiger partial charge in [-0.25, -0.2) is 14.6 Å². The van der Waals surface area contributed by atoms with Crippen molar-refractivity contribution in [2.45, 2.75) is 25.2 Å². The second kappa shape index (κ2) is 6.08. The Morgan fingerprint density at radius 3 is 2.90 bits per heavy atom. The van der Waals surface area contributed by atoms with Crippen LogP contribution in [0.15, 0.2) is 30.2 Å². The molecule has 0 saturated carbocycles. The molecule has 0 aliphatic heterocycles. The summed E-state index contributed by atoms with van der Waals surface area (Å²) in [6, 6.07) is 0. The van der Waals surface area contributed by atoms with Crippen molar-refractivity contribution in [2.75, 3.05) is 5.75 Å². The molecule has 0 unspecified atom stereocenters. The van der Waals surface area contributed by atoms with Crippen LogP contribution in [0.1, 0.15) is 6.92 Å². The van der Waals surface area contributed by atoms with Gasteiger partial charge >= 0.3 is 0 Å². The van der Waals surface area contributed by atoms with Gasteiger partial charge in [0, 0.05) is 38.3 Å². The largest absolute Gasteiger partial charge is 0.328 e. The van der Waals surface area contributed by atoms with Gasteiger partial charge in [0.05, 0.1) is 0 Å². The molecular formula is C12H16N8S. The molecule has 8 nitrogen and oxygen atoms in total. The molecule has 3 heterocycles. The topological polar surface area (TPSA) is 79.2 Å². The predicted octanol–water partition coefficient (Wildman–Crippen LogP) is 1.08. The predicted molar refractivity (Wildman–Crippen MR) is 78.6 cm³/mol. The molecule has 3 aromatic heterocycles. The number of nitrogens with zero attached hydrogens (tertiary/aromatic N) is 8. The van der Waals surface area contributed by atoms with Crippen LogP contribution in [0.4, 0.5) is 0 Å². The van der Waals surface area contributed by atoms with E-state index in [0.717, 1.165) is 35.6 Å². The molecule has 0 amide bonds. The Balaban J connectivity index is 1.70. The molecule has 0 bridgehead atoms. The van der Waals surface area contributed by atoms with E-state index in [1.54, 1.807) is 30.6 Å². The van der Waals surface area contributed by atoms with E-state index in [1.165, 1.54) is 0 Å². The average Bonchev–Trinajstić information content (AvgIpc) is 3.19. The van der Waals surface area contributed by atoms with Gasteiger partial charge in [-0.3, -0.25) is 0 Å². The van der Waals surface area contributed by atoms with E-state index in [1.807, 2.05) is 29.4 Å². The zero-order valence-corrected chi connectivity index (χ0v) is 12.7. The smallest absolute Gasteiger partial charge is 0.194 e. The zero-order valence-electron chi connectivity index (χ0n) is 11.9. The highest BCUT2D eigenvalue weighted by atomic mass is 32.2. The van der Waals surface area contributed by atoms with Gasteiger partial charge in [-0.1, -0.05) is 11.8 Å². The summed E-state index contributed by atoms with van der Waals surface area (Å²) in [6.07, 6.45) is 7.01. The molecule has 0 radical (unpaired) electrons. The first-order valence-electron chi connectivity index (χ1n) is 6.65. The zero-order chi connectivity index (χ0) is 14.7. The van der Waals surface area contributed by atoms with Gasteiger partial charge in [-0.15, -0.1) is 10.2 Å². The molecule has 110 valence electrons. The van der Waals surface area contributed by atoms with Crippen molar-refractivity contribution in [3.8, 4) is 11.6 Å². The lowest BCUT2D eigenvalue weighted by molar-refractivity contribution is 0.654. The molecule has 21 heavy (non-hydrogen) atoms. The molecular weight excluding hydrogens is 288 g/mol. The summed E-state index contributed by atoms with van der Waals surface area (Å²) in [5, 5.41) is 13.0. The van der Waals surface area contributed by atoms with Crippen LogP contribution >= 0.6 is 11.8 Å². The molecule has 3 aromatic rings. The van der Waals surface area contributed by atoms with Gasteiger partial charge in [-0.05, 0) is 6.92 Å². The quantitative estimate of drug-likeness (QED) is 0.634. The third kappa shape index (κ3) is 2.82. The second-order valence-corrected chi connectivity index (χ2v) is 5.48. The summed E-state index contributed by atoms with van der Waals surface area (Å²) >= 11 is 1.67. The molecule has 0 atom stereocenters. The SMILES string of the molecule is CCn1ncnc1-c1nccn1CCSc1nncn1C. The lowest BCUT2D eigenvalue weighted by Gasteiger charge is -2.07. The summed E-state index contributed by atoms with van der Waals surface area (Å²) in [4.78, 5) is 8.70. The van der Waals surface area contributed by atoms with Crippen LogP contribution in [-0.2, 0) is 20.1 Å². The van der Waals surface area contributed by atoms with E-state index in [9.17, 15) is 0 Å². The first kappa shape index (κ1) is 13.8. The van der Waals surface area contributed by atoms with Crippen molar-refractivity contribution < 1.29 is 0 Å². The highest BCUT2D eigenvalue weighted by Gasteiger charge is 2.12. The monoisotopic (exact) mass is 304 g/mol. The fraction of sp³-hybridized carbons (Fsp3) is 0.417. The van der Waals surface area contributed by atoms with E-state index in [0.29, 0.717) is 0 Å². The minimum Gasteiger partial charge on any atom is -0.328 e. The van der Waals surface area contributed by atoms with Crippen LogP contribution < -0.4 is 0 Å². The van der Waals surface area contributed by atoms with Gasteiger partial charge in [0.1, 0.15) is 12.7 Å². The normalized spacial score (nSPS) is 11.1. The molecule has 0 aliphatic rings. The minimum absolute atomic E-state index is 0.774. The number of thioether (sulfide) groups is 1. The summed E-state index contributed by atoms with van der Waals surface area (Å²) < 4.78 is 5.83. The third-order valence-corrected chi connectivity index (χ3v) is 4.08. The van der Waals surface area contributed by atoms with Crippen molar-refractivity contribution in [1.29, 1.82) is 0 Å². The van der Waals surface area contributed by atoms with Gasteiger partial charge in [-0.2, -0.15) is 5.10 Å². The van der Waals surface area contributed by atoms with Crippen LogP contribution in [0.3, 0.4) is 0 Å². The lowest BCUT2D eigenvalue weighted by Crippen LogP contribution is -2.07. The first-order valence-corrected chi connectivity index (χ1v) is 7.64. The fourth-order valence-corrected chi connectivity index (χ4v) is 2.83. The Hall–Kier alpha value is -2.16. The van der Waals surface area contributed by atoms with E-state index < -0.39 is 0 Å². The van der Waals surface area contributed by atoms with E-state index in [4.69, 9.17) is 0 Å². The Bertz CT molecular complexity index is 712. The summed E-state index contributed by atoms with van der Waals surface area (Å²) in [5.74, 6) is 2.52. The summed E-state index contributed by atoms with van der Waals surface area (Å²) in [7, 11) is 1.94. The van der Waals surface area contributed by atoms with E-state index in [2.05, 4.69) is 29.8 Å². The maximum absolute atomic E-state index is 4.40. The van der Waals surface area contributed by atoms with Crippen LogP contribution in [0.5, 0.6) is 0 Å². The average molecular weight is 304 g/mol. The standard InChI is InChI=1S/C12H16N8S/c1-3-20-11(14-8-16-20)10-13-4-5-19(10)6-7-21-12-17-15-9-18(12)2/h4-5,8-9H,3,6-7H2,1-2H3. The molecule has 0 spiro atoms. The number of hydrogen-bond donors (Lipinski definition) is 0. The highest BCUT2D eigenvalue weighted by Crippen LogP contribution is 2.17. The van der Waals surface area contributed by atoms with Gasteiger partial charge < -0.3 is 9.13 Å².